The summed E-state index contributed by atoms with van der Waals surface area (Å²) in [5, 5.41) is 21.8. The van der Waals surface area contributed by atoms with Gasteiger partial charge in [-0.25, -0.2) is 9.37 Å². The predicted octanol–water partition coefficient (Wildman–Crippen LogP) is 8.90. The number of aromatic nitrogens is 1. The van der Waals surface area contributed by atoms with Gasteiger partial charge in [-0.05, 0) is 79.6 Å². The lowest BCUT2D eigenvalue weighted by Gasteiger charge is -2.24. The van der Waals surface area contributed by atoms with Crippen molar-refractivity contribution in [3.8, 4) is 0 Å². The smallest absolute Gasteiger partial charge is 0.304 e. The molecule has 0 saturated heterocycles. The molecule has 0 bridgehead atoms. The molecule has 1 fully saturated rings. The normalized spacial score (nSPS) is 19.3. The molecule has 1 aliphatic carbocycles. The molecule has 3 atom stereocenters. The number of aryl methyl sites for hydroxylation is 1. The highest BCUT2D eigenvalue weighted by Gasteiger charge is 2.56. The first-order valence-corrected chi connectivity index (χ1v) is 15.6. The third-order valence-electron chi connectivity index (χ3n) is 7.92. The van der Waals surface area contributed by atoms with Gasteiger partial charge >= 0.3 is 5.97 Å². The minimum Gasteiger partial charge on any atom is -0.481 e. The molecule has 7 heteroatoms. The van der Waals surface area contributed by atoms with E-state index in [-0.39, 0.29) is 11.7 Å². The van der Waals surface area contributed by atoms with Crippen LogP contribution in [-0.2, 0) is 16.8 Å². The van der Waals surface area contributed by atoms with E-state index in [0.29, 0.717) is 17.2 Å². The lowest BCUT2D eigenvalue weighted by molar-refractivity contribution is -0.138. The van der Waals surface area contributed by atoms with Gasteiger partial charge in [0.25, 0.3) is 0 Å². The summed E-state index contributed by atoms with van der Waals surface area (Å²) in [5.41, 5.74) is 3.98. The Morgan fingerprint density at radius 1 is 1.12 bits per heavy atom. The van der Waals surface area contributed by atoms with Crippen molar-refractivity contribution >= 4 is 52.4 Å². The van der Waals surface area contributed by atoms with Gasteiger partial charge < -0.3 is 10.2 Å². The molecule has 0 radical (unpaired) electrons. The Hall–Kier alpha value is -3.19. The number of nitrogens with zero attached hydrogens (tertiary/aromatic N) is 1. The molecule has 5 rings (SSSR count). The van der Waals surface area contributed by atoms with Gasteiger partial charge in [-0.3, -0.25) is 4.79 Å². The predicted molar refractivity (Wildman–Crippen MR) is 172 cm³/mol. The van der Waals surface area contributed by atoms with Gasteiger partial charge in [0.15, 0.2) is 0 Å². The van der Waals surface area contributed by atoms with Gasteiger partial charge in [-0.1, -0.05) is 78.3 Å². The molecule has 1 aromatic heterocycles. The quantitative estimate of drug-likeness (QED) is 0.169. The molecule has 0 spiro atoms. The SMILES string of the molecule is CC(C)(O)c1ccccc1CC[C@@H](SCC1(CC(=O)O)CC1F)c1cccc(/C=C/c2ccc3ccc(Cl)cc3n2)c1. The van der Waals surface area contributed by atoms with Crippen LogP contribution in [0.2, 0.25) is 5.02 Å². The second-order valence-electron chi connectivity index (χ2n) is 11.7. The van der Waals surface area contributed by atoms with E-state index in [1.807, 2.05) is 78.9 Å². The van der Waals surface area contributed by atoms with Crippen molar-refractivity contribution in [1.29, 1.82) is 0 Å². The van der Waals surface area contributed by atoms with Crippen LogP contribution in [0.5, 0.6) is 0 Å². The molecular formula is C35H35ClFNO3S. The molecule has 2 unspecified atom stereocenters. The topological polar surface area (TPSA) is 70.4 Å². The maximum Gasteiger partial charge on any atom is 0.304 e. The summed E-state index contributed by atoms with van der Waals surface area (Å²) in [6, 6.07) is 25.8. The second kappa shape index (κ2) is 12.6. The van der Waals surface area contributed by atoms with Gasteiger partial charge in [0.1, 0.15) is 6.17 Å². The Bertz CT molecular complexity index is 1620. The fraction of sp³-hybridized carbons (Fsp3) is 0.314. The molecule has 42 heavy (non-hydrogen) atoms. The fourth-order valence-corrected chi connectivity index (χ4v) is 7.18. The Kier molecular flexibility index (Phi) is 9.07. The van der Waals surface area contributed by atoms with Gasteiger partial charge in [-0.15, -0.1) is 0 Å². The van der Waals surface area contributed by atoms with Gasteiger partial charge in [0, 0.05) is 26.8 Å². The van der Waals surface area contributed by atoms with Crippen LogP contribution < -0.4 is 0 Å². The minimum absolute atomic E-state index is 0.0209. The van der Waals surface area contributed by atoms with Crippen LogP contribution in [0, 0.1) is 5.41 Å². The highest BCUT2D eigenvalue weighted by molar-refractivity contribution is 7.99. The first-order chi connectivity index (χ1) is 20.0. The number of aliphatic hydroxyl groups is 1. The van der Waals surface area contributed by atoms with Crippen LogP contribution in [-0.4, -0.2) is 33.1 Å². The molecule has 218 valence electrons. The Balaban J connectivity index is 1.38. The largest absolute Gasteiger partial charge is 0.481 e. The molecule has 1 aliphatic rings. The fourth-order valence-electron chi connectivity index (χ4n) is 5.46. The number of carbonyl (C=O) groups is 1. The average molecular weight is 604 g/mol. The summed E-state index contributed by atoms with van der Waals surface area (Å²) in [6.45, 7) is 3.58. The number of halogens is 2. The van der Waals surface area contributed by atoms with Crippen LogP contribution in [0.15, 0.2) is 78.9 Å². The van der Waals surface area contributed by atoms with Crippen molar-refractivity contribution in [2.75, 3.05) is 5.75 Å². The van der Waals surface area contributed by atoms with E-state index < -0.39 is 23.2 Å². The van der Waals surface area contributed by atoms with E-state index in [2.05, 4.69) is 12.1 Å². The van der Waals surface area contributed by atoms with Gasteiger partial charge in [0.2, 0.25) is 0 Å². The van der Waals surface area contributed by atoms with E-state index in [1.165, 1.54) is 0 Å². The Morgan fingerprint density at radius 2 is 1.88 bits per heavy atom. The molecule has 2 N–H and O–H groups in total. The number of benzene rings is 3. The third-order valence-corrected chi connectivity index (χ3v) is 9.81. The number of aliphatic carboxylic acids is 1. The summed E-state index contributed by atoms with van der Waals surface area (Å²) in [5.74, 6) is -0.509. The van der Waals surface area contributed by atoms with Crippen LogP contribution in [0.25, 0.3) is 23.1 Å². The molecule has 1 saturated carbocycles. The number of hydrogen-bond acceptors (Lipinski definition) is 4. The van der Waals surface area contributed by atoms with Gasteiger partial charge in [0.05, 0.1) is 23.2 Å². The maximum absolute atomic E-state index is 14.4. The summed E-state index contributed by atoms with van der Waals surface area (Å²) < 4.78 is 14.4. The van der Waals surface area contributed by atoms with E-state index >= 15 is 0 Å². The van der Waals surface area contributed by atoms with Crippen molar-refractivity contribution in [1.82, 2.24) is 4.98 Å². The molecule has 1 heterocycles. The number of hydrogen-bond donors (Lipinski definition) is 2. The number of fused-ring (bicyclic) bond motifs is 1. The standard InChI is InChI=1S/C35H35ClFNO3S/c1-34(2,41)29-9-4-3-7-24(29)13-17-31(42-22-35(20-32(35)37)21-33(39)40)26-8-5-6-23(18-26)10-15-28-16-12-25-11-14-27(36)19-30(25)38-28/h3-12,14-16,18-19,31-32,41H,13,17,20-22H2,1-2H3,(H,39,40)/b15-10+/t31-,32?,35?/m1/s1. The van der Waals surface area contributed by atoms with Crippen molar-refractivity contribution in [2.45, 2.75) is 56.6 Å². The van der Waals surface area contributed by atoms with Crippen LogP contribution >= 0.6 is 23.4 Å². The monoisotopic (exact) mass is 603 g/mol. The molecule has 0 aliphatic heterocycles. The van der Waals surface area contributed by atoms with Crippen molar-refractivity contribution in [2.24, 2.45) is 5.41 Å². The number of alkyl halides is 1. The lowest BCUT2D eigenvalue weighted by atomic mass is 9.90. The third kappa shape index (κ3) is 7.41. The molecule has 4 aromatic rings. The first-order valence-electron chi connectivity index (χ1n) is 14.1. The van der Waals surface area contributed by atoms with E-state index in [9.17, 15) is 19.4 Å². The minimum atomic E-state index is -1.07. The highest BCUT2D eigenvalue weighted by atomic mass is 35.5. The number of carboxylic acids is 1. The summed E-state index contributed by atoms with van der Waals surface area (Å²) >= 11 is 7.79. The summed E-state index contributed by atoms with van der Waals surface area (Å²) in [6.07, 6.45) is 4.56. The summed E-state index contributed by atoms with van der Waals surface area (Å²) in [7, 11) is 0. The van der Waals surface area contributed by atoms with Crippen LogP contribution in [0.4, 0.5) is 4.39 Å². The zero-order valence-corrected chi connectivity index (χ0v) is 25.3. The number of thioether (sulfide) groups is 1. The van der Waals surface area contributed by atoms with Crippen LogP contribution in [0.3, 0.4) is 0 Å². The first kappa shape index (κ1) is 30.3. The van der Waals surface area contributed by atoms with Gasteiger partial charge in [-0.2, -0.15) is 11.8 Å². The molecule has 3 aromatic carbocycles. The zero-order valence-electron chi connectivity index (χ0n) is 23.8. The maximum atomic E-state index is 14.4. The lowest BCUT2D eigenvalue weighted by Crippen LogP contribution is -2.18. The van der Waals surface area contributed by atoms with E-state index in [4.69, 9.17) is 16.6 Å². The van der Waals surface area contributed by atoms with Crippen molar-refractivity contribution in [3.63, 3.8) is 0 Å². The summed E-state index contributed by atoms with van der Waals surface area (Å²) in [4.78, 5) is 16.2. The Labute approximate surface area is 255 Å². The average Bonchev–Trinajstić information content (AvgIpc) is 3.58. The molecule has 0 amide bonds. The van der Waals surface area contributed by atoms with Crippen molar-refractivity contribution in [3.05, 3.63) is 112 Å². The second-order valence-corrected chi connectivity index (χ2v) is 13.4. The Morgan fingerprint density at radius 3 is 2.62 bits per heavy atom. The number of rotatable bonds is 12. The zero-order chi connectivity index (χ0) is 29.9. The van der Waals surface area contributed by atoms with E-state index in [0.717, 1.165) is 51.7 Å². The number of carboxylic acid groups (broad SMARTS) is 1. The van der Waals surface area contributed by atoms with Crippen molar-refractivity contribution < 1.29 is 19.4 Å². The molecular weight excluding hydrogens is 569 g/mol. The van der Waals surface area contributed by atoms with E-state index in [1.54, 1.807) is 25.6 Å². The number of pyridine rings is 1. The highest BCUT2D eigenvalue weighted by Crippen LogP contribution is 2.55. The molecule has 4 nitrogen and oxygen atoms in total. The van der Waals surface area contributed by atoms with Crippen LogP contribution in [0.1, 0.15) is 66.3 Å².